The molecule has 126 valence electrons. The summed E-state index contributed by atoms with van der Waals surface area (Å²) in [7, 11) is 0. The molecule has 2 rings (SSSR count). The Labute approximate surface area is 137 Å². The Morgan fingerprint density at radius 3 is 2.50 bits per heavy atom. The van der Waals surface area contributed by atoms with Crippen LogP contribution >= 0.6 is 0 Å². The smallest absolute Gasteiger partial charge is 0.359 e. The van der Waals surface area contributed by atoms with Gasteiger partial charge in [0, 0.05) is 23.3 Å². The summed E-state index contributed by atoms with van der Waals surface area (Å²) in [4.78, 5) is 15.8. The van der Waals surface area contributed by atoms with Crippen LogP contribution < -0.4 is 10.6 Å². The Kier molecular flexibility index (Phi) is 4.92. The van der Waals surface area contributed by atoms with Crippen LogP contribution in [0.15, 0.2) is 48.8 Å². The van der Waals surface area contributed by atoms with Crippen LogP contribution in [0.1, 0.15) is 28.5 Å². The molecule has 1 aromatic heterocycles. The number of nitrogens with one attached hydrogen (secondary N) is 2. The van der Waals surface area contributed by atoms with Crippen molar-refractivity contribution < 1.29 is 18.0 Å². The molecule has 24 heavy (non-hydrogen) atoms. The lowest BCUT2D eigenvalue weighted by molar-refractivity contribution is -0.137. The van der Waals surface area contributed by atoms with E-state index in [9.17, 15) is 18.0 Å². The van der Waals surface area contributed by atoms with Crippen LogP contribution in [0.3, 0.4) is 0 Å². The standard InChI is InChI=1S/C17H16F3N3O/c1-10(2)22-14-9-13(5-4-11(14)3)23-16(24)15-8-12(6-7-21-15)17(18,19)20/h4-9,22H,1H2,2-3H3,(H,23,24). The zero-order chi connectivity index (χ0) is 17.9. The zero-order valence-electron chi connectivity index (χ0n) is 13.2. The first-order valence-electron chi connectivity index (χ1n) is 7.04. The summed E-state index contributed by atoms with van der Waals surface area (Å²) in [5, 5.41) is 5.58. The molecular formula is C17H16F3N3O. The Morgan fingerprint density at radius 2 is 1.88 bits per heavy atom. The highest BCUT2D eigenvalue weighted by atomic mass is 19.4. The van der Waals surface area contributed by atoms with E-state index in [1.54, 1.807) is 25.1 Å². The van der Waals surface area contributed by atoms with Crippen LogP contribution in [0.4, 0.5) is 24.5 Å². The first kappa shape index (κ1) is 17.5. The largest absolute Gasteiger partial charge is 0.416 e. The van der Waals surface area contributed by atoms with E-state index < -0.39 is 17.6 Å². The highest BCUT2D eigenvalue weighted by Gasteiger charge is 2.31. The van der Waals surface area contributed by atoms with E-state index in [0.717, 1.165) is 35.3 Å². The topological polar surface area (TPSA) is 54.0 Å². The third kappa shape index (κ3) is 4.34. The van der Waals surface area contributed by atoms with Gasteiger partial charge in [0.1, 0.15) is 5.69 Å². The fourth-order valence-corrected chi connectivity index (χ4v) is 1.99. The first-order valence-corrected chi connectivity index (χ1v) is 7.04. The minimum absolute atomic E-state index is 0.306. The highest BCUT2D eigenvalue weighted by Crippen LogP contribution is 2.29. The summed E-state index contributed by atoms with van der Waals surface area (Å²) in [6, 6.07) is 6.65. The molecule has 0 aliphatic rings. The number of carbonyl (C=O) groups excluding carboxylic acids is 1. The van der Waals surface area contributed by atoms with Crippen molar-refractivity contribution >= 4 is 17.3 Å². The molecule has 0 aliphatic heterocycles. The lowest BCUT2D eigenvalue weighted by Gasteiger charge is -2.12. The van der Waals surface area contributed by atoms with Crippen molar-refractivity contribution in [3.05, 3.63) is 65.6 Å². The van der Waals surface area contributed by atoms with Gasteiger partial charge >= 0.3 is 6.18 Å². The SMILES string of the molecule is C=C(C)Nc1cc(NC(=O)c2cc(C(F)(F)F)ccn2)ccc1C. The van der Waals surface area contributed by atoms with Crippen molar-refractivity contribution in [3.8, 4) is 0 Å². The number of hydrogen-bond acceptors (Lipinski definition) is 3. The maximum absolute atomic E-state index is 12.7. The van der Waals surface area contributed by atoms with Crippen LogP contribution in [0, 0.1) is 6.92 Å². The van der Waals surface area contributed by atoms with Crippen LogP contribution in [0.5, 0.6) is 0 Å². The molecule has 2 N–H and O–H groups in total. The number of aromatic nitrogens is 1. The molecule has 1 heterocycles. The fourth-order valence-electron chi connectivity index (χ4n) is 1.99. The number of allylic oxidation sites excluding steroid dienone is 1. The van der Waals surface area contributed by atoms with E-state index >= 15 is 0 Å². The van der Waals surface area contributed by atoms with Crippen molar-refractivity contribution in [2.45, 2.75) is 20.0 Å². The van der Waals surface area contributed by atoms with Gasteiger partial charge in [-0.1, -0.05) is 12.6 Å². The summed E-state index contributed by atoms with van der Waals surface area (Å²) in [5.74, 6) is -0.716. The number of aryl methyl sites for hydroxylation is 1. The second-order valence-electron chi connectivity index (χ2n) is 5.32. The fraction of sp³-hybridized carbons (Fsp3) is 0.176. The van der Waals surface area contributed by atoms with Crippen molar-refractivity contribution in [2.24, 2.45) is 0 Å². The molecule has 0 aliphatic carbocycles. The van der Waals surface area contributed by atoms with E-state index in [-0.39, 0.29) is 5.69 Å². The number of carbonyl (C=O) groups is 1. The lowest BCUT2D eigenvalue weighted by Crippen LogP contribution is -2.15. The molecule has 2 aromatic rings. The molecule has 1 amide bonds. The second kappa shape index (κ2) is 6.74. The Morgan fingerprint density at radius 1 is 1.17 bits per heavy atom. The van der Waals surface area contributed by atoms with Crippen molar-refractivity contribution in [3.63, 3.8) is 0 Å². The molecule has 1 aromatic carbocycles. The van der Waals surface area contributed by atoms with Crippen molar-refractivity contribution in [1.29, 1.82) is 0 Å². The number of anilines is 2. The van der Waals surface area contributed by atoms with Gasteiger partial charge < -0.3 is 10.6 Å². The van der Waals surface area contributed by atoms with E-state index in [2.05, 4.69) is 22.2 Å². The second-order valence-corrected chi connectivity index (χ2v) is 5.32. The molecule has 0 radical (unpaired) electrons. The van der Waals surface area contributed by atoms with Gasteiger partial charge in [0.15, 0.2) is 0 Å². The van der Waals surface area contributed by atoms with Crippen molar-refractivity contribution in [1.82, 2.24) is 4.98 Å². The van der Waals surface area contributed by atoms with Crippen molar-refractivity contribution in [2.75, 3.05) is 10.6 Å². The number of alkyl halides is 3. The van der Waals surface area contributed by atoms with Crippen LogP contribution in [0.2, 0.25) is 0 Å². The number of amides is 1. The molecule has 0 spiro atoms. The van der Waals surface area contributed by atoms with E-state index in [4.69, 9.17) is 0 Å². The van der Waals surface area contributed by atoms with Gasteiger partial charge in [0.05, 0.1) is 5.56 Å². The van der Waals surface area contributed by atoms with E-state index in [1.165, 1.54) is 0 Å². The quantitative estimate of drug-likeness (QED) is 0.858. The van der Waals surface area contributed by atoms with E-state index in [1.807, 2.05) is 6.92 Å². The Hall–Kier alpha value is -2.83. The van der Waals surface area contributed by atoms with Gasteiger partial charge in [-0.25, -0.2) is 0 Å². The van der Waals surface area contributed by atoms with Crippen LogP contribution in [-0.2, 0) is 6.18 Å². The molecule has 0 bridgehead atoms. The lowest BCUT2D eigenvalue weighted by atomic mass is 10.1. The average molecular weight is 335 g/mol. The molecule has 0 saturated heterocycles. The highest BCUT2D eigenvalue weighted by molar-refractivity contribution is 6.03. The Balaban J connectivity index is 2.22. The number of benzene rings is 1. The molecule has 0 unspecified atom stereocenters. The molecule has 4 nitrogen and oxygen atoms in total. The minimum Gasteiger partial charge on any atom is -0.359 e. The molecular weight excluding hydrogens is 319 g/mol. The maximum atomic E-state index is 12.7. The van der Waals surface area contributed by atoms with E-state index in [0.29, 0.717) is 5.69 Å². The predicted molar refractivity (Wildman–Crippen MR) is 86.8 cm³/mol. The number of nitrogens with zero attached hydrogens (tertiary/aromatic N) is 1. The van der Waals surface area contributed by atoms with Gasteiger partial charge in [-0.15, -0.1) is 0 Å². The molecule has 0 atom stereocenters. The van der Waals surface area contributed by atoms with Crippen LogP contribution in [-0.4, -0.2) is 10.9 Å². The summed E-state index contributed by atoms with van der Waals surface area (Å²) < 4.78 is 38.1. The van der Waals surface area contributed by atoms with Crippen LogP contribution in [0.25, 0.3) is 0 Å². The van der Waals surface area contributed by atoms with Gasteiger partial charge in [-0.2, -0.15) is 13.2 Å². The molecule has 7 heteroatoms. The third-order valence-electron chi connectivity index (χ3n) is 3.16. The number of rotatable bonds is 4. The van der Waals surface area contributed by atoms with Gasteiger partial charge in [0.2, 0.25) is 0 Å². The zero-order valence-corrected chi connectivity index (χ0v) is 13.2. The Bertz CT molecular complexity index is 785. The first-order chi connectivity index (χ1) is 11.2. The van der Waals surface area contributed by atoms with Gasteiger partial charge in [-0.3, -0.25) is 9.78 Å². The van der Waals surface area contributed by atoms with Gasteiger partial charge in [0.25, 0.3) is 5.91 Å². The number of halogens is 3. The van der Waals surface area contributed by atoms with Gasteiger partial charge in [-0.05, 0) is 43.7 Å². The normalized spacial score (nSPS) is 11.0. The summed E-state index contributed by atoms with van der Waals surface area (Å²) in [6.45, 7) is 7.42. The number of hydrogen-bond donors (Lipinski definition) is 2. The third-order valence-corrected chi connectivity index (χ3v) is 3.16. The maximum Gasteiger partial charge on any atom is 0.416 e. The monoisotopic (exact) mass is 335 g/mol. The summed E-state index contributed by atoms with van der Waals surface area (Å²) in [5.41, 5.74) is 1.62. The summed E-state index contributed by atoms with van der Waals surface area (Å²) >= 11 is 0. The predicted octanol–water partition coefficient (Wildman–Crippen LogP) is 4.61. The average Bonchev–Trinajstić information content (AvgIpc) is 2.49. The molecule has 0 saturated carbocycles. The number of pyridine rings is 1. The summed E-state index contributed by atoms with van der Waals surface area (Å²) in [6.07, 6.45) is -3.57. The molecule has 0 fully saturated rings. The minimum atomic E-state index is -4.53.